The molecule has 16 heavy (non-hydrogen) atoms. The number of furan rings is 1. The van der Waals surface area contributed by atoms with Gasteiger partial charge in [-0.3, -0.25) is 0 Å². The quantitative estimate of drug-likeness (QED) is 0.674. The Morgan fingerprint density at radius 3 is 2.44 bits per heavy atom. The SMILES string of the molecule is COc1ccc([B-](F)(F)F)c2ccoc12.[K+]. The van der Waals surface area contributed by atoms with Crippen molar-refractivity contribution in [3.8, 4) is 5.75 Å². The summed E-state index contributed by atoms with van der Waals surface area (Å²) >= 11 is 0. The van der Waals surface area contributed by atoms with Gasteiger partial charge in [-0.25, -0.2) is 0 Å². The minimum Gasteiger partial charge on any atom is -0.493 e. The van der Waals surface area contributed by atoms with E-state index in [9.17, 15) is 12.9 Å². The van der Waals surface area contributed by atoms with Crippen LogP contribution in [0, 0.1) is 0 Å². The first-order valence-corrected chi connectivity index (χ1v) is 4.28. The second kappa shape index (κ2) is 5.14. The van der Waals surface area contributed by atoms with E-state index >= 15 is 0 Å². The fraction of sp³-hybridized carbons (Fsp3) is 0.111. The summed E-state index contributed by atoms with van der Waals surface area (Å²) in [4.78, 5) is 0. The number of benzene rings is 1. The van der Waals surface area contributed by atoms with Gasteiger partial charge in [0, 0.05) is 0 Å². The van der Waals surface area contributed by atoms with Gasteiger partial charge < -0.3 is 22.1 Å². The van der Waals surface area contributed by atoms with E-state index in [2.05, 4.69) is 0 Å². The van der Waals surface area contributed by atoms with Crippen molar-refractivity contribution in [2.45, 2.75) is 0 Å². The molecule has 0 radical (unpaired) electrons. The van der Waals surface area contributed by atoms with Crippen LogP contribution in [-0.2, 0) is 0 Å². The van der Waals surface area contributed by atoms with Crippen molar-refractivity contribution in [2.75, 3.05) is 7.11 Å². The van der Waals surface area contributed by atoms with Gasteiger partial charge in [0.05, 0.1) is 13.4 Å². The molecule has 0 spiro atoms. The van der Waals surface area contributed by atoms with Crippen LogP contribution in [0.3, 0.4) is 0 Å². The molecule has 0 bridgehead atoms. The average molecular weight is 254 g/mol. The van der Waals surface area contributed by atoms with Crippen molar-refractivity contribution in [1.29, 1.82) is 0 Å². The summed E-state index contributed by atoms with van der Waals surface area (Å²) in [5.41, 5.74) is -0.520. The van der Waals surface area contributed by atoms with Crippen LogP contribution in [0.15, 0.2) is 28.9 Å². The van der Waals surface area contributed by atoms with E-state index < -0.39 is 12.4 Å². The van der Waals surface area contributed by atoms with Crippen LogP contribution in [0.2, 0.25) is 0 Å². The molecule has 0 saturated heterocycles. The zero-order valence-corrected chi connectivity index (χ0v) is 12.0. The molecule has 0 atom stereocenters. The molecule has 0 unspecified atom stereocenters. The largest absolute Gasteiger partial charge is 1.00 e. The summed E-state index contributed by atoms with van der Waals surface area (Å²) in [6, 6.07) is 3.56. The van der Waals surface area contributed by atoms with E-state index in [1.54, 1.807) is 0 Å². The second-order valence-corrected chi connectivity index (χ2v) is 3.10. The number of ether oxygens (including phenoxy) is 1. The molecule has 2 rings (SSSR count). The van der Waals surface area contributed by atoms with Crippen molar-refractivity contribution < 1.29 is 73.5 Å². The first kappa shape index (κ1) is 14.1. The molecule has 2 nitrogen and oxygen atoms in total. The number of hydrogen-bond acceptors (Lipinski definition) is 2. The first-order valence-electron chi connectivity index (χ1n) is 4.28. The zero-order valence-electron chi connectivity index (χ0n) is 8.84. The maximum atomic E-state index is 12.6. The third-order valence-corrected chi connectivity index (χ3v) is 2.19. The molecule has 1 aromatic carbocycles. The number of hydrogen-bond donors (Lipinski definition) is 0. The third-order valence-electron chi connectivity index (χ3n) is 2.19. The number of fused-ring (bicyclic) bond motifs is 1. The molecular weight excluding hydrogens is 247 g/mol. The minimum absolute atomic E-state index is 0. The predicted molar refractivity (Wildman–Crippen MR) is 51.5 cm³/mol. The van der Waals surface area contributed by atoms with Crippen LogP contribution >= 0.6 is 0 Å². The van der Waals surface area contributed by atoms with Crippen LogP contribution in [0.25, 0.3) is 11.0 Å². The average Bonchev–Trinajstić information content (AvgIpc) is 2.62. The maximum Gasteiger partial charge on any atom is 1.00 e. The van der Waals surface area contributed by atoms with Gasteiger partial charge in [-0.15, -0.1) is 0 Å². The van der Waals surface area contributed by atoms with Gasteiger partial charge in [0.2, 0.25) is 0 Å². The molecular formula is C9H7BF3KO2. The second-order valence-electron chi connectivity index (χ2n) is 3.10. The van der Waals surface area contributed by atoms with Crippen molar-refractivity contribution >= 4 is 23.4 Å². The molecule has 1 heterocycles. The normalized spacial score (nSPS) is 11.2. The molecule has 0 aliphatic carbocycles. The van der Waals surface area contributed by atoms with E-state index in [4.69, 9.17) is 9.15 Å². The molecule has 1 aromatic heterocycles. The van der Waals surface area contributed by atoms with E-state index in [-0.39, 0.29) is 62.4 Å². The Labute approximate surface area is 133 Å². The van der Waals surface area contributed by atoms with Gasteiger partial charge in [-0.05, 0) is 17.5 Å². The first-order chi connectivity index (χ1) is 7.04. The minimum atomic E-state index is -5.03. The Balaban J connectivity index is 0.00000128. The van der Waals surface area contributed by atoms with Gasteiger partial charge in [-0.2, -0.15) is 0 Å². The predicted octanol–water partition coefficient (Wildman–Crippen LogP) is -0.500. The summed E-state index contributed by atoms with van der Waals surface area (Å²) in [5.74, 6) is 0.304. The van der Waals surface area contributed by atoms with Gasteiger partial charge in [0.1, 0.15) is 0 Å². The van der Waals surface area contributed by atoms with E-state index in [0.717, 1.165) is 6.07 Å². The summed E-state index contributed by atoms with van der Waals surface area (Å²) in [7, 11) is 1.38. The van der Waals surface area contributed by atoms with E-state index in [0.29, 0.717) is 5.75 Å². The van der Waals surface area contributed by atoms with Crippen LogP contribution < -0.4 is 61.6 Å². The summed E-state index contributed by atoms with van der Waals surface area (Å²) in [6.07, 6.45) is 1.22. The molecule has 2 aromatic rings. The van der Waals surface area contributed by atoms with Gasteiger partial charge in [0.25, 0.3) is 0 Å². The number of halogens is 3. The Kier molecular flexibility index (Phi) is 4.53. The van der Waals surface area contributed by atoms with Crippen molar-refractivity contribution in [3.63, 3.8) is 0 Å². The number of rotatable bonds is 2. The Morgan fingerprint density at radius 1 is 1.19 bits per heavy atom. The zero-order chi connectivity index (χ0) is 11.1. The molecule has 0 aliphatic heterocycles. The van der Waals surface area contributed by atoms with Crippen molar-refractivity contribution in [3.05, 3.63) is 24.5 Å². The molecule has 7 heteroatoms. The third kappa shape index (κ3) is 2.48. The fourth-order valence-electron chi connectivity index (χ4n) is 1.50. The van der Waals surface area contributed by atoms with Gasteiger partial charge >= 0.3 is 58.4 Å². The smallest absolute Gasteiger partial charge is 0.493 e. The molecule has 80 valence electrons. The fourth-order valence-corrected chi connectivity index (χ4v) is 1.50. The summed E-state index contributed by atoms with van der Waals surface area (Å²) in [5, 5.41) is 0.0434. The number of methoxy groups -OCH3 is 1. The monoisotopic (exact) mass is 254 g/mol. The van der Waals surface area contributed by atoms with Gasteiger partial charge in [-0.1, -0.05) is 11.5 Å². The molecule has 0 fully saturated rings. The van der Waals surface area contributed by atoms with Crippen molar-refractivity contribution in [1.82, 2.24) is 0 Å². The molecule has 0 amide bonds. The van der Waals surface area contributed by atoms with E-state index in [1.165, 1.54) is 25.5 Å². The van der Waals surface area contributed by atoms with Crippen molar-refractivity contribution in [2.24, 2.45) is 0 Å². The van der Waals surface area contributed by atoms with Crippen LogP contribution in [0.4, 0.5) is 12.9 Å². The molecule has 0 saturated carbocycles. The molecule has 0 aliphatic rings. The van der Waals surface area contributed by atoms with Crippen LogP contribution in [0.1, 0.15) is 0 Å². The Bertz CT molecular complexity index is 495. The summed E-state index contributed by atoms with van der Waals surface area (Å²) in [6.45, 7) is -5.03. The Morgan fingerprint density at radius 2 is 1.88 bits per heavy atom. The molecule has 0 N–H and O–H groups in total. The topological polar surface area (TPSA) is 22.4 Å². The summed E-state index contributed by atoms with van der Waals surface area (Å²) < 4.78 is 47.7. The Hall–Kier alpha value is 0.0513. The van der Waals surface area contributed by atoms with Gasteiger partial charge in [0.15, 0.2) is 11.3 Å². The van der Waals surface area contributed by atoms with E-state index in [1.807, 2.05) is 0 Å². The maximum absolute atomic E-state index is 12.6. The standard InChI is InChI=1S/C9H7BF3O2.K/c1-14-8-3-2-7(10(11,12)13)6-4-5-15-9(6)8;/h2-5H,1H3;/q-1;+1. The van der Waals surface area contributed by atoms with Crippen LogP contribution in [-0.4, -0.2) is 14.1 Å². The van der Waals surface area contributed by atoms with Crippen LogP contribution in [0.5, 0.6) is 5.75 Å².